The van der Waals surface area contributed by atoms with Crippen LogP contribution < -0.4 is 0 Å². The first-order valence-corrected chi connectivity index (χ1v) is 11.1. The van der Waals surface area contributed by atoms with E-state index in [0.29, 0.717) is 17.4 Å². The maximum absolute atomic E-state index is 15.4. The first kappa shape index (κ1) is 19.6. The van der Waals surface area contributed by atoms with Crippen LogP contribution in [0.3, 0.4) is 0 Å². The number of hydrogen-bond donors (Lipinski definition) is 0. The van der Waals surface area contributed by atoms with Gasteiger partial charge in [0, 0.05) is 5.39 Å². The molecule has 0 amide bonds. The molecule has 0 aromatic heterocycles. The molecule has 0 saturated heterocycles. The highest BCUT2D eigenvalue weighted by Crippen LogP contribution is 2.48. The molecular formula is C26H32F2. The number of benzene rings is 2. The van der Waals surface area contributed by atoms with Crippen molar-refractivity contribution in [3.05, 3.63) is 59.7 Å². The maximum atomic E-state index is 15.4. The van der Waals surface area contributed by atoms with E-state index in [1.807, 2.05) is 18.2 Å². The molecule has 4 atom stereocenters. The lowest BCUT2D eigenvalue weighted by molar-refractivity contribution is 0.116. The molecule has 0 radical (unpaired) electrons. The number of halogens is 2. The van der Waals surface area contributed by atoms with Crippen molar-refractivity contribution in [2.24, 2.45) is 17.8 Å². The third kappa shape index (κ3) is 3.75. The van der Waals surface area contributed by atoms with Crippen molar-refractivity contribution in [1.29, 1.82) is 0 Å². The van der Waals surface area contributed by atoms with Crippen molar-refractivity contribution in [1.82, 2.24) is 0 Å². The highest BCUT2D eigenvalue weighted by Gasteiger charge is 2.36. The standard InChI is InChI=1S/C26H32F2/c1-3-5-6-22-15-21-11-12-23(26(28)24(21)16-25(22)27)20-10-9-18-13-17(4-2)7-8-19(18)14-20/h3,11-12,15-20H,1,4-10,13-14H2,2H3/t17?,18-,19?,20-/m1/s1. The smallest absolute Gasteiger partial charge is 0.134 e. The third-order valence-corrected chi connectivity index (χ3v) is 7.51. The molecule has 0 bridgehead atoms. The fourth-order valence-corrected chi connectivity index (χ4v) is 5.78. The first-order valence-electron chi connectivity index (χ1n) is 11.1. The van der Waals surface area contributed by atoms with Gasteiger partial charge in [-0.3, -0.25) is 0 Å². The zero-order chi connectivity index (χ0) is 19.7. The molecule has 2 aliphatic rings. The molecule has 0 N–H and O–H groups in total. The molecule has 0 nitrogen and oxygen atoms in total. The molecule has 2 heteroatoms. The Morgan fingerprint density at radius 3 is 2.61 bits per heavy atom. The van der Waals surface area contributed by atoms with Crippen LogP contribution in [0.5, 0.6) is 0 Å². The van der Waals surface area contributed by atoms with Crippen LogP contribution in [0.25, 0.3) is 10.8 Å². The van der Waals surface area contributed by atoms with Crippen LogP contribution in [0.4, 0.5) is 8.78 Å². The quantitative estimate of drug-likeness (QED) is 0.460. The minimum Gasteiger partial charge on any atom is -0.207 e. The number of rotatable bonds is 5. The fourth-order valence-electron chi connectivity index (χ4n) is 5.78. The minimum absolute atomic E-state index is 0.197. The highest BCUT2D eigenvalue weighted by atomic mass is 19.1. The zero-order valence-corrected chi connectivity index (χ0v) is 17.0. The van der Waals surface area contributed by atoms with E-state index in [-0.39, 0.29) is 17.6 Å². The van der Waals surface area contributed by atoms with Crippen LogP contribution in [0, 0.1) is 29.4 Å². The molecule has 2 unspecified atom stereocenters. The second-order valence-corrected chi connectivity index (χ2v) is 9.08. The van der Waals surface area contributed by atoms with Gasteiger partial charge in [-0.2, -0.15) is 0 Å². The summed E-state index contributed by atoms with van der Waals surface area (Å²) in [6, 6.07) is 7.18. The zero-order valence-electron chi connectivity index (χ0n) is 17.0. The van der Waals surface area contributed by atoms with Crippen molar-refractivity contribution in [3.63, 3.8) is 0 Å². The Kier molecular flexibility index (Phi) is 5.85. The molecule has 150 valence electrons. The van der Waals surface area contributed by atoms with E-state index < -0.39 is 0 Å². The summed E-state index contributed by atoms with van der Waals surface area (Å²) < 4.78 is 29.9. The Labute approximate surface area is 168 Å². The van der Waals surface area contributed by atoms with Gasteiger partial charge in [-0.15, -0.1) is 6.58 Å². The van der Waals surface area contributed by atoms with E-state index in [4.69, 9.17) is 0 Å². The van der Waals surface area contributed by atoms with Crippen molar-refractivity contribution in [2.45, 2.75) is 70.6 Å². The largest absolute Gasteiger partial charge is 0.207 e. The fraction of sp³-hybridized carbons (Fsp3) is 0.538. The van der Waals surface area contributed by atoms with Gasteiger partial charge in [-0.1, -0.05) is 38.0 Å². The lowest BCUT2D eigenvalue weighted by Crippen LogP contribution is -2.30. The summed E-state index contributed by atoms with van der Waals surface area (Å²) in [5.74, 6) is 2.27. The Morgan fingerprint density at radius 2 is 1.82 bits per heavy atom. The molecular weight excluding hydrogens is 350 g/mol. The van der Waals surface area contributed by atoms with Crippen LogP contribution >= 0.6 is 0 Å². The van der Waals surface area contributed by atoms with Crippen LogP contribution in [-0.4, -0.2) is 0 Å². The van der Waals surface area contributed by atoms with Gasteiger partial charge in [0.15, 0.2) is 0 Å². The number of hydrogen-bond acceptors (Lipinski definition) is 0. The van der Waals surface area contributed by atoms with E-state index in [2.05, 4.69) is 13.5 Å². The number of fused-ring (bicyclic) bond motifs is 2. The van der Waals surface area contributed by atoms with Crippen LogP contribution in [-0.2, 0) is 6.42 Å². The highest BCUT2D eigenvalue weighted by molar-refractivity contribution is 5.85. The average molecular weight is 383 g/mol. The molecule has 2 aliphatic carbocycles. The molecule has 2 fully saturated rings. The summed E-state index contributed by atoms with van der Waals surface area (Å²) in [6.07, 6.45) is 11.8. The van der Waals surface area contributed by atoms with E-state index in [0.717, 1.165) is 48.0 Å². The number of aryl methyl sites for hydroxylation is 1. The summed E-state index contributed by atoms with van der Waals surface area (Å²) in [7, 11) is 0. The van der Waals surface area contributed by atoms with E-state index in [1.54, 1.807) is 6.08 Å². The lowest BCUT2D eigenvalue weighted by atomic mass is 9.63. The first-order chi connectivity index (χ1) is 13.6. The van der Waals surface area contributed by atoms with Gasteiger partial charge in [0.2, 0.25) is 0 Å². The van der Waals surface area contributed by atoms with Gasteiger partial charge >= 0.3 is 0 Å². The van der Waals surface area contributed by atoms with Gasteiger partial charge in [0.25, 0.3) is 0 Å². The molecule has 28 heavy (non-hydrogen) atoms. The Balaban J connectivity index is 1.58. The predicted molar refractivity (Wildman–Crippen MR) is 114 cm³/mol. The Bertz CT molecular complexity index is 853. The topological polar surface area (TPSA) is 0 Å². The second kappa shape index (κ2) is 8.35. The lowest BCUT2D eigenvalue weighted by Gasteiger charge is -2.42. The van der Waals surface area contributed by atoms with E-state index >= 15 is 4.39 Å². The van der Waals surface area contributed by atoms with Crippen LogP contribution in [0.2, 0.25) is 0 Å². The van der Waals surface area contributed by atoms with E-state index in [9.17, 15) is 4.39 Å². The minimum atomic E-state index is -0.299. The summed E-state index contributed by atoms with van der Waals surface area (Å²) in [6.45, 7) is 6.01. The van der Waals surface area contributed by atoms with E-state index in [1.165, 1.54) is 38.2 Å². The van der Waals surface area contributed by atoms with Gasteiger partial charge in [0.1, 0.15) is 11.6 Å². The van der Waals surface area contributed by atoms with Gasteiger partial charge in [0.05, 0.1) is 0 Å². The maximum Gasteiger partial charge on any atom is 0.134 e. The van der Waals surface area contributed by atoms with Crippen LogP contribution in [0.15, 0.2) is 36.9 Å². The second-order valence-electron chi connectivity index (χ2n) is 9.08. The van der Waals surface area contributed by atoms with Crippen molar-refractivity contribution < 1.29 is 8.78 Å². The molecule has 0 heterocycles. The van der Waals surface area contributed by atoms with Crippen LogP contribution in [0.1, 0.15) is 75.3 Å². The Morgan fingerprint density at radius 1 is 1.04 bits per heavy atom. The molecule has 4 rings (SSSR count). The van der Waals surface area contributed by atoms with Crippen molar-refractivity contribution in [2.75, 3.05) is 0 Å². The van der Waals surface area contributed by atoms with Gasteiger partial charge in [-0.05, 0) is 97.3 Å². The summed E-state index contributed by atoms with van der Waals surface area (Å²) in [4.78, 5) is 0. The molecule has 0 aliphatic heterocycles. The van der Waals surface area contributed by atoms with Crippen molar-refractivity contribution >= 4 is 10.8 Å². The SMILES string of the molecule is C=CCCc1cc2ccc([C@@H]3CC[C@@H]4CC(CC)CCC4C3)c(F)c2cc1F. The third-order valence-electron chi connectivity index (χ3n) is 7.51. The summed E-state index contributed by atoms with van der Waals surface area (Å²) >= 11 is 0. The normalized spacial score (nSPS) is 27.5. The molecule has 0 spiro atoms. The average Bonchev–Trinajstić information content (AvgIpc) is 2.72. The molecule has 2 aromatic rings. The summed E-state index contributed by atoms with van der Waals surface area (Å²) in [5, 5.41) is 1.24. The molecule has 2 aromatic carbocycles. The summed E-state index contributed by atoms with van der Waals surface area (Å²) in [5.41, 5.74) is 1.45. The molecule has 2 saturated carbocycles. The monoisotopic (exact) mass is 382 g/mol. The predicted octanol–water partition coefficient (Wildman–Crippen LogP) is 7.95. The van der Waals surface area contributed by atoms with Crippen molar-refractivity contribution in [3.8, 4) is 0 Å². The number of allylic oxidation sites excluding steroid dienone is 1. The van der Waals surface area contributed by atoms with Gasteiger partial charge in [-0.25, -0.2) is 8.78 Å². The van der Waals surface area contributed by atoms with Gasteiger partial charge < -0.3 is 0 Å². The Hall–Kier alpha value is -1.70.